The van der Waals surface area contributed by atoms with E-state index in [1.165, 1.54) is 148 Å². The van der Waals surface area contributed by atoms with E-state index in [4.69, 9.17) is 5.73 Å². The largest absolute Gasteiger partial charge is 0.388 e. The topological polar surface area (TPSA) is 46.2 Å². The summed E-state index contributed by atoms with van der Waals surface area (Å²) in [6.45, 7) is 2.63. The number of allylic oxidation sites excluding steroid dienone is 1. The lowest BCUT2D eigenvalue weighted by molar-refractivity contribution is 0.231. The molecule has 0 aliphatic carbocycles. The number of hydrogen-bond donors (Lipinski definition) is 2. The van der Waals surface area contributed by atoms with E-state index in [0.717, 1.165) is 6.42 Å². The van der Waals surface area contributed by atoms with Crippen molar-refractivity contribution in [3.8, 4) is 0 Å². The van der Waals surface area contributed by atoms with Crippen molar-refractivity contribution in [2.75, 3.05) is 6.54 Å². The molecule has 0 saturated heterocycles. The van der Waals surface area contributed by atoms with E-state index in [1.54, 1.807) is 0 Å². The molecule has 186 valence electrons. The lowest BCUT2D eigenvalue weighted by Gasteiger charge is -2.04. The zero-order valence-corrected chi connectivity index (χ0v) is 21.4. The summed E-state index contributed by atoms with van der Waals surface area (Å²) in [6.07, 6.45) is 37.5. The highest BCUT2D eigenvalue weighted by atomic mass is 16.3. The fourth-order valence-electron chi connectivity index (χ4n) is 4.38. The van der Waals surface area contributed by atoms with Crippen molar-refractivity contribution in [2.24, 2.45) is 5.73 Å². The molecule has 0 amide bonds. The van der Waals surface area contributed by atoms with Gasteiger partial charge in [0.2, 0.25) is 0 Å². The molecule has 2 heteroatoms. The Bertz CT molecular complexity index is 342. The molecule has 31 heavy (non-hydrogen) atoms. The summed E-state index contributed by atoms with van der Waals surface area (Å²) in [7, 11) is 0. The second-order valence-electron chi connectivity index (χ2n) is 9.80. The van der Waals surface area contributed by atoms with Gasteiger partial charge in [-0.15, -0.1) is 0 Å². The number of unbranched alkanes of at least 4 members (excludes halogenated alkanes) is 23. The van der Waals surface area contributed by atoms with Crippen molar-refractivity contribution in [1.82, 2.24) is 0 Å². The minimum Gasteiger partial charge on any atom is -0.388 e. The monoisotopic (exact) mass is 437 g/mol. The van der Waals surface area contributed by atoms with E-state index in [1.807, 2.05) is 6.08 Å². The first-order chi connectivity index (χ1) is 15.3. The van der Waals surface area contributed by atoms with Crippen LogP contribution in [0.15, 0.2) is 12.2 Å². The molecule has 0 aliphatic heterocycles. The lowest BCUT2D eigenvalue weighted by atomic mass is 10.0. The van der Waals surface area contributed by atoms with Gasteiger partial charge >= 0.3 is 0 Å². The Morgan fingerprint density at radius 1 is 0.516 bits per heavy atom. The van der Waals surface area contributed by atoms with Crippen LogP contribution in [0.1, 0.15) is 161 Å². The zero-order valence-electron chi connectivity index (χ0n) is 21.4. The molecule has 0 aromatic rings. The molecular weight excluding hydrogens is 378 g/mol. The summed E-state index contributed by atoms with van der Waals surface area (Å²) in [5.74, 6) is 0. The molecule has 0 radical (unpaired) electrons. The third-order valence-electron chi connectivity index (χ3n) is 6.57. The first-order valence-corrected chi connectivity index (χ1v) is 14.4. The van der Waals surface area contributed by atoms with Crippen LogP contribution in [0, 0.1) is 0 Å². The number of aliphatic hydroxyl groups excluding tert-OH is 1. The van der Waals surface area contributed by atoms with Crippen molar-refractivity contribution < 1.29 is 5.11 Å². The van der Waals surface area contributed by atoms with Gasteiger partial charge in [0.15, 0.2) is 0 Å². The average Bonchev–Trinajstić information content (AvgIpc) is 2.78. The van der Waals surface area contributed by atoms with Crippen LogP contribution in [0.3, 0.4) is 0 Å². The van der Waals surface area contributed by atoms with Crippen molar-refractivity contribution >= 4 is 0 Å². The maximum absolute atomic E-state index is 9.33. The molecule has 0 heterocycles. The molecule has 0 fully saturated rings. The van der Waals surface area contributed by atoms with Crippen LogP contribution < -0.4 is 5.73 Å². The van der Waals surface area contributed by atoms with Crippen LogP contribution in [-0.4, -0.2) is 17.8 Å². The van der Waals surface area contributed by atoms with Gasteiger partial charge in [-0.3, -0.25) is 0 Å². The van der Waals surface area contributed by atoms with Crippen LogP contribution in [-0.2, 0) is 0 Å². The standard InChI is InChI=1S/C29H59NO/c1-2-3-4-5-6-7-8-9-10-11-12-13-14-15-16-17-18-19-20-21-22-23-24-25-26-27-29(31)28-30/h26-27,29,31H,2-25,28,30H2,1H3. The van der Waals surface area contributed by atoms with Gasteiger partial charge in [0.1, 0.15) is 0 Å². The SMILES string of the molecule is CCCCCCCCCCCCCCCCCCCCCCCCCC=CC(O)CN. The Kier molecular flexibility index (Phi) is 27.4. The smallest absolute Gasteiger partial charge is 0.0843 e. The van der Waals surface area contributed by atoms with Crippen LogP contribution in [0.5, 0.6) is 0 Å². The summed E-state index contributed by atoms with van der Waals surface area (Å²) in [4.78, 5) is 0. The van der Waals surface area contributed by atoms with Crippen LogP contribution >= 0.6 is 0 Å². The molecule has 0 aliphatic rings. The molecule has 0 spiro atoms. The quantitative estimate of drug-likeness (QED) is 0.105. The lowest BCUT2D eigenvalue weighted by Crippen LogP contribution is -2.16. The Morgan fingerprint density at radius 2 is 0.806 bits per heavy atom. The molecule has 0 aromatic heterocycles. The number of hydrogen-bond acceptors (Lipinski definition) is 2. The highest BCUT2D eigenvalue weighted by molar-refractivity contribution is 4.88. The van der Waals surface area contributed by atoms with Gasteiger partial charge in [-0.1, -0.05) is 160 Å². The summed E-state index contributed by atoms with van der Waals surface area (Å²) in [6, 6.07) is 0. The van der Waals surface area contributed by atoms with Crippen LogP contribution in [0.25, 0.3) is 0 Å². The Morgan fingerprint density at radius 3 is 1.10 bits per heavy atom. The Balaban J connectivity index is 3.04. The normalized spacial score (nSPS) is 12.7. The highest BCUT2D eigenvalue weighted by Gasteiger charge is 1.96. The maximum Gasteiger partial charge on any atom is 0.0843 e. The Hall–Kier alpha value is -0.340. The average molecular weight is 438 g/mol. The molecule has 2 nitrogen and oxygen atoms in total. The van der Waals surface area contributed by atoms with E-state index < -0.39 is 6.10 Å². The first-order valence-electron chi connectivity index (χ1n) is 14.4. The van der Waals surface area contributed by atoms with Gasteiger partial charge in [0, 0.05) is 6.54 Å². The van der Waals surface area contributed by atoms with E-state index >= 15 is 0 Å². The van der Waals surface area contributed by atoms with Crippen molar-refractivity contribution in [3.05, 3.63) is 12.2 Å². The molecular formula is C29H59NO. The number of rotatable bonds is 26. The van der Waals surface area contributed by atoms with E-state index in [9.17, 15) is 5.11 Å². The minimum absolute atomic E-state index is 0.329. The van der Waals surface area contributed by atoms with Gasteiger partial charge in [-0.25, -0.2) is 0 Å². The minimum atomic E-state index is -0.454. The van der Waals surface area contributed by atoms with E-state index in [2.05, 4.69) is 13.0 Å². The Labute approximate surface area is 196 Å². The molecule has 0 saturated carbocycles. The highest BCUT2D eigenvalue weighted by Crippen LogP contribution is 2.15. The summed E-state index contributed by atoms with van der Waals surface area (Å²) in [5.41, 5.74) is 5.37. The van der Waals surface area contributed by atoms with Crippen molar-refractivity contribution in [1.29, 1.82) is 0 Å². The fourth-order valence-corrected chi connectivity index (χ4v) is 4.38. The van der Waals surface area contributed by atoms with Gasteiger partial charge in [0.25, 0.3) is 0 Å². The third-order valence-corrected chi connectivity index (χ3v) is 6.57. The second kappa shape index (κ2) is 27.7. The van der Waals surface area contributed by atoms with Crippen LogP contribution in [0.2, 0.25) is 0 Å². The molecule has 0 rings (SSSR count). The predicted octanol–water partition coefficient (Wildman–Crippen LogP) is 9.24. The summed E-state index contributed by atoms with van der Waals surface area (Å²) < 4.78 is 0. The van der Waals surface area contributed by atoms with Gasteiger partial charge in [-0.05, 0) is 12.8 Å². The number of aliphatic hydroxyl groups is 1. The van der Waals surface area contributed by atoms with Crippen molar-refractivity contribution in [3.63, 3.8) is 0 Å². The fraction of sp³-hybridized carbons (Fsp3) is 0.931. The molecule has 1 atom stereocenters. The summed E-state index contributed by atoms with van der Waals surface area (Å²) in [5, 5.41) is 9.33. The molecule has 0 aromatic carbocycles. The predicted molar refractivity (Wildman–Crippen MR) is 141 cm³/mol. The maximum atomic E-state index is 9.33. The second-order valence-corrected chi connectivity index (χ2v) is 9.80. The number of nitrogens with two attached hydrogens (primary N) is 1. The van der Waals surface area contributed by atoms with E-state index in [0.29, 0.717) is 6.54 Å². The van der Waals surface area contributed by atoms with Gasteiger partial charge < -0.3 is 10.8 Å². The zero-order chi connectivity index (χ0) is 22.7. The molecule has 1 unspecified atom stereocenters. The van der Waals surface area contributed by atoms with E-state index in [-0.39, 0.29) is 0 Å². The van der Waals surface area contributed by atoms with Crippen LogP contribution in [0.4, 0.5) is 0 Å². The summed E-state index contributed by atoms with van der Waals surface area (Å²) >= 11 is 0. The van der Waals surface area contributed by atoms with Gasteiger partial charge in [-0.2, -0.15) is 0 Å². The van der Waals surface area contributed by atoms with Crippen molar-refractivity contribution in [2.45, 2.75) is 167 Å². The molecule has 3 N–H and O–H groups in total. The third kappa shape index (κ3) is 27.6. The first kappa shape index (κ1) is 30.7. The molecule has 0 bridgehead atoms. The van der Waals surface area contributed by atoms with Gasteiger partial charge in [0.05, 0.1) is 6.10 Å².